The van der Waals surface area contributed by atoms with Crippen LogP contribution in [-0.4, -0.2) is 30.3 Å². The van der Waals surface area contributed by atoms with Crippen molar-refractivity contribution in [2.75, 3.05) is 0 Å². The average molecular weight is 576 g/mol. The number of hydrogen-bond acceptors (Lipinski definition) is 6. The minimum absolute atomic E-state index is 0.463. The highest BCUT2D eigenvalue weighted by Crippen LogP contribution is 2.39. The summed E-state index contributed by atoms with van der Waals surface area (Å²) in [6.45, 7) is 0. The number of sulfone groups is 1. The van der Waals surface area contributed by atoms with Crippen molar-refractivity contribution in [1.82, 2.24) is 10.9 Å². The monoisotopic (exact) mass is 574 g/mol. The number of halogens is 2. The summed E-state index contributed by atoms with van der Waals surface area (Å²) in [7, 11) is -4.00. The lowest BCUT2D eigenvalue weighted by Crippen LogP contribution is -2.46. The van der Waals surface area contributed by atoms with Gasteiger partial charge in [0.25, 0.3) is 0 Å². The highest BCUT2D eigenvalue weighted by molar-refractivity contribution is 7.94. The van der Waals surface area contributed by atoms with E-state index in [0.29, 0.717) is 21.5 Å². The van der Waals surface area contributed by atoms with E-state index >= 15 is 8.42 Å². The first-order valence-electron chi connectivity index (χ1n) is 12.4. The summed E-state index contributed by atoms with van der Waals surface area (Å²) in [5.41, 5.74) is 10.2. The molecule has 2 heterocycles. The molecule has 2 aliphatic heterocycles. The molecule has 6 nitrogen and oxygen atoms in total. The maximum absolute atomic E-state index is 15.0. The Morgan fingerprint density at radius 1 is 0.538 bits per heavy atom. The van der Waals surface area contributed by atoms with Crippen LogP contribution in [0.1, 0.15) is 34.3 Å². The molecule has 0 bridgehead atoms. The lowest BCUT2D eigenvalue weighted by atomic mass is 9.98. The van der Waals surface area contributed by atoms with Gasteiger partial charge in [-0.25, -0.2) is 8.42 Å². The van der Waals surface area contributed by atoms with Gasteiger partial charge in [0.1, 0.15) is 10.5 Å². The minimum Gasteiger partial charge on any atom is -0.301 e. The van der Waals surface area contributed by atoms with E-state index in [1.807, 2.05) is 84.9 Å². The molecule has 196 valence electrons. The van der Waals surface area contributed by atoms with E-state index in [1.54, 1.807) is 24.3 Å². The number of benzene rings is 4. The van der Waals surface area contributed by atoms with Crippen LogP contribution in [-0.2, 0) is 9.84 Å². The molecule has 0 radical (unpaired) electrons. The van der Waals surface area contributed by atoms with E-state index in [2.05, 4.69) is 21.1 Å². The predicted octanol–water partition coefficient (Wildman–Crippen LogP) is 5.94. The molecule has 0 saturated carbocycles. The molecule has 0 aromatic heterocycles. The molecule has 0 spiro atoms. The summed E-state index contributed by atoms with van der Waals surface area (Å²) >= 11 is 12.3. The van der Waals surface area contributed by atoms with Crippen LogP contribution < -0.4 is 10.9 Å². The first kappa shape index (κ1) is 25.6. The van der Waals surface area contributed by atoms with Crippen LogP contribution in [0.3, 0.4) is 0 Å². The zero-order chi connectivity index (χ0) is 27.0. The number of hydrogen-bond donors (Lipinski definition) is 2. The molecule has 4 aromatic carbocycles. The minimum atomic E-state index is -4.00. The van der Waals surface area contributed by atoms with Crippen LogP contribution in [0.2, 0.25) is 10.0 Å². The fourth-order valence-corrected chi connectivity index (χ4v) is 7.98. The molecule has 4 unspecified atom stereocenters. The fourth-order valence-electron chi connectivity index (χ4n) is 5.22. The van der Waals surface area contributed by atoms with E-state index in [0.717, 1.165) is 22.3 Å². The van der Waals surface area contributed by atoms with Gasteiger partial charge in [0.2, 0.25) is 0 Å². The zero-order valence-electron chi connectivity index (χ0n) is 20.6. The Labute approximate surface area is 237 Å². The van der Waals surface area contributed by atoms with Gasteiger partial charge in [-0.2, -0.15) is 10.2 Å². The lowest BCUT2D eigenvalue weighted by molar-refractivity contribution is 0.538. The first-order chi connectivity index (χ1) is 18.9. The third kappa shape index (κ3) is 4.82. The Kier molecular flexibility index (Phi) is 6.89. The maximum atomic E-state index is 15.0. The highest BCUT2D eigenvalue weighted by Gasteiger charge is 2.52. The van der Waals surface area contributed by atoms with Gasteiger partial charge >= 0.3 is 0 Å². The summed E-state index contributed by atoms with van der Waals surface area (Å²) in [6, 6.07) is 31.9. The zero-order valence-corrected chi connectivity index (χ0v) is 22.9. The third-order valence-electron chi connectivity index (χ3n) is 7.10. The van der Waals surface area contributed by atoms with Crippen LogP contribution in [0, 0.1) is 0 Å². The Morgan fingerprint density at radius 2 is 0.897 bits per heavy atom. The standard InChI is InChI=1S/C30H24Cl2N4O2S/c31-23-15-11-21(12-16-23)27-29(25(33-35-27)19-7-3-1-4-8-19)39(37,38)30-26(20-9-5-2-6-10-20)34-36-28(30)22-13-17-24(32)18-14-22/h1-18,27-30,35-36H. The van der Waals surface area contributed by atoms with Gasteiger partial charge < -0.3 is 10.9 Å². The Hall–Kier alpha value is -3.65. The van der Waals surface area contributed by atoms with Crippen molar-refractivity contribution in [3.8, 4) is 0 Å². The smallest absolute Gasteiger partial charge is 0.172 e. The van der Waals surface area contributed by atoms with Gasteiger partial charge in [-0.3, -0.25) is 0 Å². The SMILES string of the molecule is O=S(=O)(C1C(c2ccccc2)=NNC1c1ccc(Cl)cc1)C1C(c2ccccc2)=NNC1c1ccc(Cl)cc1. The summed E-state index contributed by atoms with van der Waals surface area (Å²) in [4.78, 5) is 0. The van der Waals surface area contributed by atoms with E-state index in [-0.39, 0.29) is 0 Å². The maximum Gasteiger partial charge on any atom is 0.172 e. The van der Waals surface area contributed by atoms with Crippen molar-refractivity contribution in [2.45, 2.75) is 22.6 Å². The summed E-state index contributed by atoms with van der Waals surface area (Å²) in [5, 5.41) is 8.34. The van der Waals surface area contributed by atoms with Gasteiger partial charge in [-0.15, -0.1) is 0 Å². The second-order valence-corrected chi connectivity index (χ2v) is 12.5. The molecule has 0 amide bonds. The Bertz CT molecular complexity index is 1520. The van der Waals surface area contributed by atoms with Crippen LogP contribution in [0.5, 0.6) is 0 Å². The second kappa shape index (κ2) is 10.5. The summed E-state index contributed by atoms with van der Waals surface area (Å²) in [6.07, 6.45) is 0. The largest absolute Gasteiger partial charge is 0.301 e. The molecule has 39 heavy (non-hydrogen) atoms. The number of nitrogens with zero attached hydrogens (tertiary/aromatic N) is 2. The Morgan fingerprint density at radius 3 is 1.26 bits per heavy atom. The summed E-state index contributed by atoms with van der Waals surface area (Å²) < 4.78 is 30.0. The number of rotatable bonds is 6. The third-order valence-corrected chi connectivity index (χ3v) is 10.0. The lowest BCUT2D eigenvalue weighted by Gasteiger charge is -2.28. The molecule has 0 aliphatic carbocycles. The number of nitrogens with one attached hydrogen (secondary N) is 2. The molecular formula is C30H24Cl2N4O2S. The quantitative estimate of drug-likeness (QED) is 0.298. The van der Waals surface area contributed by atoms with Crippen molar-refractivity contribution in [1.29, 1.82) is 0 Å². The second-order valence-electron chi connectivity index (χ2n) is 9.47. The van der Waals surface area contributed by atoms with Crippen LogP contribution >= 0.6 is 23.2 Å². The van der Waals surface area contributed by atoms with Gasteiger partial charge in [0.15, 0.2) is 9.84 Å². The van der Waals surface area contributed by atoms with Crippen LogP contribution in [0.25, 0.3) is 0 Å². The number of hydrazone groups is 2. The highest BCUT2D eigenvalue weighted by atomic mass is 35.5. The first-order valence-corrected chi connectivity index (χ1v) is 14.8. The van der Waals surface area contributed by atoms with Crippen molar-refractivity contribution in [3.63, 3.8) is 0 Å². The van der Waals surface area contributed by atoms with Gasteiger partial charge in [-0.05, 0) is 46.5 Å². The topological polar surface area (TPSA) is 82.9 Å². The normalized spacial score (nSPS) is 22.5. The fraction of sp³-hybridized carbons (Fsp3) is 0.133. The van der Waals surface area contributed by atoms with E-state index in [4.69, 9.17) is 23.2 Å². The molecule has 0 fully saturated rings. The van der Waals surface area contributed by atoms with Crippen molar-refractivity contribution in [3.05, 3.63) is 141 Å². The van der Waals surface area contributed by atoms with Crippen LogP contribution in [0.15, 0.2) is 119 Å². The molecule has 6 rings (SSSR count). The van der Waals surface area contributed by atoms with Crippen LogP contribution in [0.4, 0.5) is 0 Å². The van der Waals surface area contributed by atoms with Crippen molar-refractivity contribution >= 4 is 44.5 Å². The van der Waals surface area contributed by atoms with Crippen molar-refractivity contribution in [2.24, 2.45) is 10.2 Å². The molecular weight excluding hydrogens is 551 g/mol. The molecule has 9 heteroatoms. The molecule has 2 aliphatic rings. The summed E-state index contributed by atoms with van der Waals surface area (Å²) in [5.74, 6) is 0. The molecule has 4 aromatic rings. The van der Waals surface area contributed by atoms with E-state index < -0.39 is 32.4 Å². The van der Waals surface area contributed by atoms with Gasteiger partial charge in [0, 0.05) is 10.0 Å². The van der Waals surface area contributed by atoms with Crippen molar-refractivity contribution < 1.29 is 8.42 Å². The molecule has 0 saturated heterocycles. The van der Waals surface area contributed by atoms with E-state index in [1.165, 1.54) is 0 Å². The van der Waals surface area contributed by atoms with Gasteiger partial charge in [-0.1, -0.05) is 108 Å². The van der Waals surface area contributed by atoms with Gasteiger partial charge in [0.05, 0.1) is 23.5 Å². The van der Waals surface area contributed by atoms with E-state index in [9.17, 15) is 0 Å². The average Bonchev–Trinajstić information content (AvgIpc) is 3.62. The predicted molar refractivity (Wildman–Crippen MR) is 157 cm³/mol. The molecule has 4 atom stereocenters. The Balaban J connectivity index is 1.51. The molecule has 2 N–H and O–H groups in total.